The van der Waals surface area contributed by atoms with Gasteiger partial charge in [0.15, 0.2) is 0 Å². The summed E-state index contributed by atoms with van der Waals surface area (Å²) in [5, 5.41) is 0. The highest BCUT2D eigenvalue weighted by Gasteiger charge is 1.83. The lowest BCUT2D eigenvalue weighted by Crippen LogP contribution is -1.89. The third-order valence-corrected chi connectivity index (χ3v) is 0.955. The molecule has 0 N–H and O–H groups in total. The van der Waals surface area contributed by atoms with Crippen LogP contribution in [0.25, 0.3) is 0 Å². The van der Waals surface area contributed by atoms with E-state index in [9.17, 15) is 0 Å². The van der Waals surface area contributed by atoms with Crippen LogP contribution in [0.5, 0.6) is 0 Å². The molecule has 1 nitrogen and oxygen atoms in total. The van der Waals surface area contributed by atoms with Crippen LogP contribution in [-0.4, -0.2) is 6.61 Å². The van der Waals surface area contributed by atoms with Crippen molar-refractivity contribution in [2.24, 2.45) is 0 Å². The van der Waals surface area contributed by atoms with Gasteiger partial charge >= 0.3 is 0 Å². The van der Waals surface area contributed by atoms with Crippen LogP contribution in [-0.2, 0) is 4.74 Å². The smallest absolute Gasteiger partial charge is 0.0833 e. The van der Waals surface area contributed by atoms with E-state index < -0.39 is 0 Å². The van der Waals surface area contributed by atoms with Crippen molar-refractivity contribution in [1.29, 1.82) is 0 Å². The fourth-order valence-corrected chi connectivity index (χ4v) is 0.512. The molecule has 0 aromatic rings. The number of hydrogen-bond donors (Lipinski definition) is 0. The number of unbranched alkanes of at least 4 members (excludes halogenated alkanes) is 1. The first-order chi connectivity index (χ1) is 4.41. The lowest BCUT2D eigenvalue weighted by molar-refractivity contribution is 0.191. The van der Waals surface area contributed by atoms with Gasteiger partial charge in [0.25, 0.3) is 0 Å². The summed E-state index contributed by atoms with van der Waals surface area (Å²) in [6.45, 7) is 8.35. The zero-order chi connectivity index (χ0) is 6.95. The van der Waals surface area contributed by atoms with Gasteiger partial charge in [0.2, 0.25) is 0 Å². The molecule has 0 saturated carbocycles. The maximum Gasteiger partial charge on any atom is 0.0833 e. The Morgan fingerprint density at radius 2 is 2.33 bits per heavy atom. The van der Waals surface area contributed by atoms with Gasteiger partial charge in [0.05, 0.1) is 6.61 Å². The minimum absolute atomic E-state index is 0.833. The lowest BCUT2D eigenvalue weighted by atomic mass is 10.3. The number of hydrogen-bond acceptors (Lipinski definition) is 1. The first-order valence-electron chi connectivity index (χ1n) is 3.46. The summed E-state index contributed by atoms with van der Waals surface area (Å²) < 4.78 is 5.11. The monoisotopic (exact) mass is 127 g/mol. The molecule has 9 heavy (non-hydrogen) atoms. The minimum atomic E-state index is 0.833. The highest BCUT2D eigenvalue weighted by molar-refractivity contribution is 4.65. The Bertz CT molecular complexity index is 59.6. The number of rotatable bonds is 6. The first-order valence-corrected chi connectivity index (χ1v) is 3.46. The van der Waals surface area contributed by atoms with E-state index in [1.54, 1.807) is 0 Å². The summed E-state index contributed by atoms with van der Waals surface area (Å²) in [6, 6.07) is 0. The zero-order valence-electron chi connectivity index (χ0n) is 6.10. The van der Waals surface area contributed by atoms with Crippen molar-refractivity contribution in [2.75, 3.05) is 6.61 Å². The average molecular weight is 127 g/mol. The molecule has 0 fully saturated rings. The maximum atomic E-state index is 5.11. The molecule has 1 radical (unpaired) electrons. The molecule has 1 heteroatoms. The Balaban J connectivity index is 2.66. The summed E-state index contributed by atoms with van der Waals surface area (Å²) in [7, 11) is 0. The maximum absolute atomic E-state index is 5.11. The highest BCUT2D eigenvalue weighted by atomic mass is 16.5. The van der Waals surface area contributed by atoms with Crippen molar-refractivity contribution in [3.8, 4) is 0 Å². The number of allylic oxidation sites excluding steroid dienone is 1. The first kappa shape index (κ1) is 8.70. The van der Waals surface area contributed by atoms with Gasteiger partial charge in [-0.25, -0.2) is 0 Å². The summed E-state index contributed by atoms with van der Waals surface area (Å²) >= 11 is 0. The Labute approximate surface area is 57.7 Å². The van der Waals surface area contributed by atoms with E-state index in [0.717, 1.165) is 25.9 Å². The van der Waals surface area contributed by atoms with E-state index in [1.165, 1.54) is 0 Å². The summed E-state index contributed by atoms with van der Waals surface area (Å²) in [6.07, 6.45) is 5.04. The second kappa shape index (κ2) is 7.70. The third-order valence-electron chi connectivity index (χ3n) is 0.955. The largest absolute Gasteiger partial charge is 0.376 e. The van der Waals surface area contributed by atoms with Crippen LogP contribution >= 0.6 is 0 Å². The van der Waals surface area contributed by atoms with Gasteiger partial charge in [-0.3, -0.25) is 0 Å². The highest BCUT2D eigenvalue weighted by Crippen LogP contribution is 1.93. The van der Waals surface area contributed by atoms with Crippen LogP contribution < -0.4 is 0 Å². The molecule has 0 saturated heterocycles. The second-order valence-electron chi connectivity index (χ2n) is 1.88. The number of ether oxygens (including phenoxy) is 1. The van der Waals surface area contributed by atoms with Crippen molar-refractivity contribution in [1.82, 2.24) is 0 Å². The van der Waals surface area contributed by atoms with E-state index in [4.69, 9.17) is 4.74 Å². The van der Waals surface area contributed by atoms with Crippen LogP contribution in [0.2, 0.25) is 0 Å². The average Bonchev–Trinajstić information content (AvgIpc) is 1.89. The fraction of sp³-hybridized carbons (Fsp3) is 0.625. The Kier molecular flexibility index (Phi) is 7.44. The van der Waals surface area contributed by atoms with Gasteiger partial charge < -0.3 is 4.74 Å². The van der Waals surface area contributed by atoms with Crippen LogP contribution in [0.1, 0.15) is 26.2 Å². The molecule has 0 unspecified atom stereocenters. The van der Waals surface area contributed by atoms with Gasteiger partial charge in [-0.15, -0.1) is 6.58 Å². The minimum Gasteiger partial charge on any atom is -0.376 e. The molecule has 0 atom stereocenters. The van der Waals surface area contributed by atoms with Crippen molar-refractivity contribution in [2.45, 2.75) is 26.2 Å². The molecule has 0 spiro atoms. The second-order valence-corrected chi connectivity index (χ2v) is 1.88. The summed E-state index contributed by atoms with van der Waals surface area (Å²) in [5.74, 6) is 0. The predicted octanol–water partition coefficient (Wildman–Crippen LogP) is 2.54. The van der Waals surface area contributed by atoms with Crippen molar-refractivity contribution < 1.29 is 4.74 Å². The van der Waals surface area contributed by atoms with E-state index >= 15 is 0 Å². The third kappa shape index (κ3) is 7.70. The van der Waals surface area contributed by atoms with Crippen molar-refractivity contribution >= 4 is 0 Å². The molecule has 0 aliphatic heterocycles. The SMILES string of the molecule is C=CCCCO[CH]CC. The van der Waals surface area contributed by atoms with Crippen LogP contribution in [0.3, 0.4) is 0 Å². The standard InChI is InChI=1S/C8H15O/c1-3-5-6-8-9-7-4-2/h3,7H,1,4-6,8H2,2H3. The topological polar surface area (TPSA) is 9.23 Å². The molecule has 0 amide bonds. The molecule has 0 aliphatic carbocycles. The zero-order valence-corrected chi connectivity index (χ0v) is 6.10. The molecule has 0 aromatic carbocycles. The molecule has 0 heterocycles. The van der Waals surface area contributed by atoms with E-state index in [0.29, 0.717) is 0 Å². The van der Waals surface area contributed by atoms with Gasteiger partial charge in [0.1, 0.15) is 0 Å². The Hall–Kier alpha value is -0.300. The van der Waals surface area contributed by atoms with Crippen LogP contribution in [0.4, 0.5) is 0 Å². The van der Waals surface area contributed by atoms with Gasteiger partial charge in [0, 0.05) is 6.61 Å². The van der Waals surface area contributed by atoms with E-state index in [1.807, 2.05) is 12.7 Å². The van der Waals surface area contributed by atoms with Crippen LogP contribution in [0.15, 0.2) is 12.7 Å². The molecule has 0 rings (SSSR count). The summed E-state index contributed by atoms with van der Waals surface area (Å²) in [5.41, 5.74) is 0. The van der Waals surface area contributed by atoms with Crippen LogP contribution in [0, 0.1) is 6.61 Å². The molecule has 0 aliphatic rings. The quantitative estimate of drug-likeness (QED) is 0.393. The normalized spacial score (nSPS) is 9.44. The van der Waals surface area contributed by atoms with Gasteiger partial charge in [-0.2, -0.15) is 0 Å². The molecular weight excluding hydrogens is 112 g/mol. The van der Waals surface area contributed by atoms with Crippen molar-refractivity contribution in [3.05, 3.63) is 19.3 Å². The molecule has 0 aromatic heterocycles. The van der Waals surface area contributed by atoms with Crippen molar-refractivity contribution in [3.63, 3.8) is 0 Å². The Morgan fingerprint density at radius 3 is 2.89 bits per heavy atom. The summed E-state index contributed by atoms with van der Waals surface area (Å²) in [4.78, 5) is 0. The predicted molar refractivity (Wildman–Crippen MR) is 40.0 cm³/mol. The van der Waals surface area contributed by atoms with E-state index in [-0.39, 0.29) is 0 Å². The molecular formula is C8H15O. The van der Waals surface area contributed by atoms with Gasteiger partial charge in [-0.05, 0) is 19.3 Å². The fourth-order valence-electron chi connectivity index (χ4n) is 0.512. The van der Waals surface area contributed by atoms with Gasteiger partial charge in [-0.1, -0.05) is 13.0 Å². The molecule has 0 bridgehead atoms. The van der Waals surface area contributed by atoms with E-state index in [2.05, 4.69) is 13.5 Å². The molecule has 53 valence electrons. The lowest BCUT2D eigenvalue weighted by Gasteiger charge is -1.97. The Morgan fingerprint density at radius 1 is 1.56 bits per heavy atom.